The van der Waals surface area contributed by atoms with E-state index in [1.54, 1.807) is 0 Å². The lowest BCUT2D eigenvalue weighted by atomic mass is 9.96. The molecule has 1 aromatic heterocycles. The number of aryl methyl sites for hydroxylation is 2. The van der Waals surface area contributed by atoms with Crippen LogP contribution in [0.2, 0.25) is 0 Å². The number of carbonyl (C=O) groups is 2. The van der Waals surface area contributed by atoms with Crippen LogP contribution >= 0.6 is 0 Å². The van der Waals surface area contributed by atoms with Crippen molar-refractivity contribution in [3.05, 3.63) is 53.7 Å². The summed E-state index contributed by atoms with van der Waals surface area (Å²) in [4.78, 5) is 34.6. The van der Waals surface area contributed by atoms with Crippen molar-refractivity contribution in [3.8, 4) is 11.1 Å². The van der Waals surface area contributed by atoms with Gasteiger partial charge in [-0.25, -0.2) is 0 Å². The zero-order chi connectivity index (χ0) is 24.6. The third-order valence-electron chi connectivity index (χ3n) is 8.40. The molecule has 0 unspecified atom stereocenters. The van der Waals surface area contributed by atoms with Gasteiger partial charge in [-0.2, -0.15) is 5.10 Å². The van der Waals surface area contributed by atoms with Gasteiger partial charge in [-0.1, -0.05) is 24.3 Å². The minimum absolute atomic E-state index is 0.144. The monoisotopic (exact) mass is 481 g/mol. The number of aromatic nitrogens is 2. The first-order chi connectivity index (χ1) is 17.4. The van der Waals surface area contributed by atoms with Gasteiger partial charge in [-0.15, -0.1) is 0 Å². The molecule has 7 rings (SSSR count). The van der Waals surface area contributed by atoms with Crippen LogP contribution in [0.15, 0.2) is 47.6 Å². The average Bonchev–Trinajstić information content (AvgIpc) is 3.76. The molecule has 184 valence electrons. The van der Waals surface area contributed by atoms with Crippen molar-refractivity contribution in [2.24, 2.45) is 23.9 Å². The maximum Gasteiger partial charge on any atom is 0.256 e. The van der Waals surface area contributed by atoms with Crippen LogP contribution in [-0.4, -0.2) is 62.4 Å². The lowest BCUT2D eigenvalue weighted by Gasteiger charge is -2.41. The number of aliphatic imine (C=N–C) groups is 1. The molecule has 3 fully saturated rings. The van der Waals surface area contributed by atoms with E-state index in [9.17, 15) is 9.59 Å². The Balaban J connectivity index is 1.12. The van der Waals surface area contributed by atoms with Gasteiger partial charge in [0.1, 0.15) is 11.4 Å². The predicted molar refractivity (Wildman–Crippen MR) is 139 cm³/mol. The lowest BCUT2D eigenvalue weighted by molar-refractivity contribution is -0.138. The van der Waals surface area contributed by atoms with E-state index in [2.05, 4.69) is 48.4 Å². The summed E-state index contributed by atoms with van der Waals surface area (Å²) in [6.45, 7) is 4.26. The van der Waals surface area contributed by atoms with Gasteiger partial charge in [0.15, 0.2) is 0 Å². The Morgan fingerprint density at radius 3 is 2.53 bits per heavy atom. The standard InChI is InChI=1S/C29H31N5O2/c1-18-11-21(22-6-8-25-23(13-22)14-30-32(25)2)5-7-24(18)27-31-29(9-10-29)28(36)34(27)17-20-15-33(16-20)26(35)12-19-3-4-19/h5-8,11,13-14,19-20H,3-4,9-10,12,15-17H2,1-2H3. The largest absolute Gasteiger partial charge is 0.342 e. The number of carbonyl (C=O) groups excluding carboxylic acids is 2. The van der Waals surface area contributed by atoms with Crippen LogP contribution in [0.4, 0.5) is 0 Å². The van der Waals surface area contributed by atoms with Gasteiger partial charge in [0.2, 0.25) is 5.91 Å². The Bertz CT molecular complexity index is 1440. The fourth-order valence-electron chi connectivity index (χ4n) is 5.76. The van der Waals surface area contributed by atoms with Crippen LogP contribution in [0, 0.1) is 18.8 Å². The highest BCUT2D eigenvalue weighted by molar-refractivity contribution is 6.17. The highest BCUT2D eigenvalue weighted by Crippen LogP contribution is 2.46. The summed E-state index contributed by atoms with van der Waals surface area (Å²) in [5.41, 5.74) is 5.01. The lowest BCUT2D eigenvalue weighted by Crippen LogP contribution is -2.55. The third kappa shape index (κ3) is 3.55. The Labute approximate surface area is 210 Å². The van der Waals surface area contributed by atoms with Crippen molar-refractivity contribution in [2.75, 3.05) is 19.6 Å². The first kappa shape index (κ1) is 21.8. The SMILES string of the molecule is Cc1cc(-c2ccc3c(cnn3C)c2)ccc1C1=NC2(CC2)C(=O)N1CC1CN(C(=O)CC2CC2)C1. The van der Waals surface area contributed by atoms with Crippen LogP contribution in [0.3, 0.4) is 0 Å². The number of amides is 2. The fourth-order valence-corrected chi connectivity index (χ4v) is 5.76. The Morgan fingerprint density at radius 1 is 1.06 bits per heavy atom. The average molecular weight is 482 g/mol. The van der Waals surface area contributed by atoms with Gasteiger partial charge in [0, 0.05) is 50.0 Å². The Kier molecular flexibility index (Phi) is 4.69. The molecule has 3 heterocycles. The zero-order valence-corrected chi connectivity index (χ0v) is 20.9. The normalized spacial score (nSPS) is 20.8. The van der Waals surface area contributed by atoms with Crippen molar-refractivity contribution in [1.29, 1.82) is 0 Å². The fraction of sp³-hybridized carbons (Fsp3) is 0.448. The maximum atomic E-state index is 13.4. The zero-order valence-electron chi connectivity index (χ0n) is 20.9. The van der Waals surface area contributed by atoms with Crippen LogP contribution in [0.25, 0.3) is 22.0 Å². The van der Waals surface area contributed by atoms with Gasteiger partial charge in [0.25, 0.3) is 5.91 Å². The van der Waals surface area contributed by atoms with Crippen LogP contribution in [0.1, 0.15) is 43.2 Å². The summed E-state index contributed by atoms with van der Waals surface area (Å²) in [5.74, 6) is 2.17. The van der Waals surface area contributed by atoms with Crippen molar-refractivity contribution < 1.29 is 9.59 Å². The van der Waals surface area contributed by atoms with E-state index in [4.69, 9.17) is 4.99 Å². The number of rotatable bonds is 6. The summed E-state index contributed by atoms with van der Waals surface area (Å²) in [6, 6.07) is 12.8. The summed E-state index contributed by atoms with van der Waals surface area (Å²) < 4.78 is 1.88. The predicted octanol–water partition coefficient (Wildman–Crippen LogP) is 3.93. The van der Waals surface area contributed by atoms with E-state index in [-0.39, 0.29) is 11.8 Å². The molecule has 0 bridgehead atoms. The third-order valence-corrected chi connectivity index (χ3v) is 8.40. The van der Waals surface area contributed by atoms with E-state index in [1.807, 2.05) is 27.7 Å². The number of benzene rings is 2. The van der Waals surface area contributed by atoms with Gasteiger partial charge < -0.3 is 4.90 Å². The first-order valence-electron chi connectivity index (χ1n) is 13.1. The molecule has 7 nitrogen and oxygen atoms in total. The number of fused-ring (bicyclic) bond motifs is 1. The summed E-state index contributed by atoms with van der Waals surface area (Å²) in [7, 11) is 1.95. The molecule has 7 heteroatoms. The van der Waals surface area contributed by atoms with E-state index < -0.39 is 5.54 Å². The van der Waals surface area contributed by atoms with Crippen molar-refractivity contribution in [3.63, 3.8) is 0 Å². The molecule has 2 aliphatic carbocycles. The first-order valence-corrected chi connectivity index (χ1v) is 13.1. The second kappa shape index (κ2) is 7.76. The van der Waals surface area contributed by atoms with E-state index >= 15 is 0 Å². The molecule has 0 radical (unpaired) electrons. The van der Waals surface area contributed by atoms with E-state index in [0.717, 1.165) is 64.9 Å². The molecule has 3 aromatic rings. The molecule has 2 amide bonds. The smallest absolute Gasteiger partial charge is 0.256 e. The van der Waals surface area contributed by atoms with Gasteiger partial charge in [-0.05, 0) is 67.3 Å². The maximum absolute atomic E-state index is 13.4. The Morgan fingerprint density at radius 2 is 1.81 bits per heavy atom. The number of hydrogen-bond acceptors (Lipinski definition) is 4. The van der Waals surface area contributed by atoms with E-state index in [1.165, 1.54) is 12.8 Å². The molecule has 36 heavy (non-hydrogen) atoms. The highest BCUT2D eigenvalue weighted by atomic mass is 16.2. The summed E-state index contributed by atoms with van der Waals surface area (Å²) in [6.07, 6.45) is 6.67. The molecule has 2 aliphatic heterocycles. The summed E-state index contributed by atoms with van der Waals surface area (Å²) >= 11 is 0. The molecule has 0 N–H and O–H groups in total. The quantitative estimate of drug-likeness (QED) is 0.536. The van der Waals surface area contributed by atoms with Crippen LogP contribution in [-0.2, 0) is 16.6 Å². The van der Waals surface area contributed by atoms with Gasteiger partial charge in [-0.3, -0.25) is 24.2 Å². The molecule has 4 aliphatic rings. The highest BCUT2D eigenvalue weighted by Gasteiger charge is 2.58. The molecule has 2 saturated carbocycles. The number of hydrogen-bond donors (Lipinski definition) is 0. The van der Waals surface area contributed by atoms with Crippen LogP contribution in [0.5, 0.6) is 0 Å². The molecular formula is C29H31N5O2. The number of amidine groups is 1. The second-order valence-electron chi connectivity index (χ2n) is 11.3. The molecule has 1 saturated heterocycles. The second-order valence-corrected chi connectivity index (χ2v) is 11.3. The van der Waals surface area contributed by atoms with Gasteiger partial charge >= 0.3 is 0 Å². The minimum atomic E-state index is -0.531. The molecule has 0 atom stereocenters. The number of likely N-dealkylation sites (tertiary alicyclic amines) is 1. The van der Waals surface area contributed by atoms with Crippen molar-refractivity contribution >= 4 is 28.6 Å². The van der Waals surface area contributed by atoms with Gasteiger partial charge in [0.05, 0.1) is 11.7 Å². The van der Waals surface area contributed by atoms with Crippen molar-refractivity contribution in [2.45, 2.75) is 44.6 Å². The minimum Gasteiger partial charge on any atom is -0.342 e. The molecular weight excluding hydrogens is 450 g/mol. The Hall–Kier alpha value is -3.48. The van der Waals surface area contributed by atoms with Crippen LogP contribution < -0.4 is 0 Å². The van der Waals surface area contributed by atoms with E-state index in [0.29, 0.717) is 24.8 Å². The molecule has 2 aromatic carbocycles. The topological polar surface area (TPSA) is 70.8 Å². The number of nitrogens with zero attached hydrogens (tertiary/aromatic N) is 5. The summed E-state index contributed by atoms with van der Waals surface area (Å²) in [5, 5.41) is 5.48. The van der Waals surface area contributed by atoms with Crippen molar-refractivity contribution in [1.82, 2.24) is 19.6 Å². The molecule has 1 spiro atoms.